The molecule has 2 N–H and O–H groups in total. The van der Waals surface area contributed by atoms with E-state index in [1.807, 2.05) is 18.2 Å². The van der Waals surface area contributed by atoms with Gasteiger partial charge in [0.15, 0.2) is 0 Å². The van der Waals surface area contributed by atoms with Crippen LogP contribution >= 0.6 is 0 Å². The van der Waals surface area contributed by atoms with Crippen molar-refractivity contribution in [2.24, 2.45) is 5.92 Å². The molecule has 2 rings (SSSR count). The summed E-state index contributed by atoms with van der Waals surface area (Å²) in [7, 11) is 3.76. The summed E-state index contributed by atoms with van der Waals surface area (Å²) in [6.45, 7) is 8.66. The van der Waals surface area contributed by atoms with Gasteiger partial charge in [0.1, 0.15) is 24.2 Å². The van der Waals surface area contributed by atoms with Crippen LogP contribution in [-0.4, -0.2) is 79.2 Å². The van der Waals surface area contributed by atoms with Gasteiger partial charge < -0.3 is 29.5 Å². The van der Waals surface area contributed by atoms with Crippen molar-refractivity contribution in [1.82, 2.24) is 9.80 Å². The second-order valence-corrected chi connectivity index (χ2v) is 8.06. The molecular formula is C21H36N2O4. The second-order valence-electron chi connectivity index (χ2n) is 8.06. The van der Waals surface area contributed by atoms with Gasteiger partial charge in [-0.1, -0.05) is 13.8 Å². The minimum Gasteiger partial charge on any atom is -0.497 e. The summed E-state index contributed by atoms with van der Waals surface area (Å²) in [5.41, 5.74) is 1.06. The van der Waals surface area contributed by atoms with Crippen molar-refractivity contribution >= 4 is 0 Å². The fourth-order valence-electron chi connectivity index (χ4n) is 3.56. The third-order valence-electron chi connectivity index (χ3n) is 4.84. The predicted octanol–water partition coefficient (Wildman–Crippen LogP) is 1.98. The van der Waals surface area contributed by atoms with Crippen LogP contribution in [0.3, 0.4) is 0 Å². The van der Waals surface area contributed by atoms with E-state index >= 15 is 0 Å². The average Bonchev–Trinajstić information content (AvgIpc) is 2.61. The van der Waals surface area contributed by atoms with Gasteiger partial charge in [-0.25, -0.2) is 0 Å². The van der Waals surface area contributed by atoms with Crippen LogP contribution in [0, 0.1) is 5.92 Å². The first-order valence-corrected chi connectivity index (χ1v) is 9.94. The van der Waals surface area contributed by atoms with E-state index < -0.39 is 6.10 Å². The summed E-state index contributed by atoms with van der Waals surface area (Å²) >= 11 is 0. The molecule has 1 fully saturated rings. The first-order valence-electron chi connectivity index (χ1n) is 9.94. The van der Waals surface area contributed by atoms with E-state index in [2.05, 4.69) is 30.7 Å². The minimum absolute atomic E-state index is 0.195. The van der Waals surface area contributed by atoms with Crippen molar-refractivity contribution in [3.8, 4) is 11.5 Å². The van der Waals surface area contributed by atoms with Crippen molar-refractivity contribution in [3.63, 3.8) is 0 Å². The average molecular weight is 381 g/mol. The van der Waals surface area contributed by atoms with Crippen LogP contribution < -0.4 is 9.47 Å². The SMILES string of the molecule is COc1ccc(OCC(O)CN2CCC(O)CC2)c(CN(C)CC(C)C)c1. The summed E-state index contributed by atoms with van der Waals surface area (Å²) in [5.74, 6) is 2.19. The molecule has 6 heteroatoms. The van der Waals surface area contributed by atoms with Gasteiger partial charge in [-0.2, -0.15) is 0 Å². The molecule has 1 atom stereocenters. The Hall–Kier alpha value is -1.34. The molecule has 1 aromatic carbocycles. The quantitative estimate of drug-likeness (QED) is 0.647. The highest BCUT2D eigenvalue weighted by atomic mass is 16.5. The number of aliphatic hydroxyl groups is 2. The topological polar surface area (TPSA) is 65.4 Å². The van der Waals surface area contributed by atoms with E-state index in [0.29, 0.717) is 12.5 Å². The van der Waals surface area contributed by atoms with E-state index in [1.54, 1.807) is 7.11 Å². The van der Waals surface area contributed by atoms with Gasteiger partial charge in [0, 0.05) is 38.3 Å². The van der Waals surface area contributed by atoms with Crippen molar-refractivity contribution in [1.29, 1.82) is 0 Å². The molecule has 0 spiro atoms. The molecule has 1 aromatic rings. The minimum atomic E-state index is -0.552. The fourth-order valence-corrected chi connectivity index (χ4v) is 3.56. The number of hydrogen-bond acceptors (Lipinski definition) is 6. The van der Waals surface area contributed by atoms with Crippen LogP contribution in [0.1, 0.15) is 32.3 Å². The normalized spacial score (nSPS) is 17.5. The van der Waals surface area contributed by atoms with E-state index in [4.69, 9.17) is 9.47 Å². The molecule has 0 saturated carbocycles. The highest BCUT2D eigenvalue weighted by Crippen LogP contribution is 2.26. The third kappa shape index (κ3) is 7.66. The molecule has 0 bridgehead atoms. The zero-order chi connectivity index (χ0) is 19.8. The zero-order valence-corrected chi connectivity index (χ0v) is 17.2. The Kier molecular flexibility index (Phi) is 8.83. The molecule has 154 valence electrons. The van der Waals surface area contributed by atoms with E-state index in [0.717, 1.165) is 56.1 Å². The number of ether oxygens (including phenoxy) is 2. The number of rotatable bonds is 10. The highest BCUT2D eigenvalue weighted by Gasteiger charge is 2.20. The maximum atomic E-state index is 10.4. The van der Waals surface area contributed by atoms with Crippen LogP contribution in [0.5, 0.6) is 11.5 Å². The van der Waals surface area contributed by atoms with E-state index in [1.165, 1.54) is 0 Å². The Balaban J connectivity index is 1.91. The van der Waals surface area contributed by atoms with Gasteiger partial charge >= 0.3 is 0 Å². The van der Waals surface area contributed by atoms with Crippen molar-refractivity contribution < 1.29 is 19.7 Å². The van der Waals surface area contributed by atoms with Gasteiger partial charge in [-0.15, -0.1) is 0 Å². The van der Waals surface area contributed by atoms with Crippen molar-refractivity contribution in [2.75, 3.05) is 46.9 Å². The Morgan fingerprint density at radius 3 is 2.59 bits per heavy atom. The number of methoxy groups -OCH3 is 1. The van der Waals surface area contributed by atoms with Crippen molar-refractivity contribution in [2.45, 2.75) is 45.4 Å². The predicted molar refractivity (Wildman–Crippen MR) is 107 cm³/mol. The van der Waals surface area contributed by atoms with E-state index in [9.17, 15) is 10.2 Å². The molecule has 0 aliphatic carbocycles. The molecule has 0 amide bonds. The molecule has 1 aliphatic rings. The molecular weight excluding hydrogens is 344 g/mol. The zero-order valence-electron chi connectivity index (χ0n) is 17.2. The molecule has 6 nitrogen and oxygen atoms in total. The lowest BCUT2D eigenvalue weighted by Gasteiger charge is -2.31. The first-order chi connectivity index (χ1) is 12.9. The smallest absolute Gasteiger partial charge is 0.124 e. The number of piperidine rings is 1. The van der Waals surface area contributed by atoms with Gasteiger partial charge in [-0.05, 0) is 44.0 Å². The van der Waals surface area contributed by atoms with Crippen molar-refractivity contribution in [3.05, 3.63) is 23.8 Å². The van der Waals surface area contributed by atoms with E-state index in [-0.39, 0.29) is 12.7 Å². The summed E-state index contributed by atoms with van der Waals surface area (Å²) < 4.78 is 11.3. The number of benzene rings is 1. The lowest BCUT2D eigenvalue weighted by Crippen LogP contribution is -2.41. The maximum Gasteiger partial charge on any atom is 0.124 e. The maximum absolute atomic E-state index is 10.4. The van der Waals surface area contributed by atoms with Crippen LogP contribution in [0.15, 0.2) is 18.2 Å². The van der Waals surface area contributed by atoms with Gasteiger partial charge in [-0.3, -0.25) is 0 Å². The Labute approximate surface area is 163 Å². The standard InChI is InChI=1S/C21H36N2O4/c1-16(2)12-22(3)13-17-11-20(26-4)5-6-21(17)27-15-19(25)14-23-9-7-18(24)8-10-23/h5-6,11,16,18-19,24-25H,7-10,12-15H2,1-4H3. The molecule has 1 saturated heterocycles. The lowest BCUT2D eigenvalue weighted by molar-refractivity contribution is 0.0335. The van der Waals surface area contributed by atoms with Gasteiger partial charge in [0.05, 0.1) is 13.2 Å². The fraction of sp³-hybridized carbons (Fsp3) is 0.714. The Morgan fingerprint density at radius 1 is 1.26 bits per heavy atom. The van der Waals surface area contributed by atoms with Gasteiger partial charge in [0.25, 0.3) is 0 Å². The highest BCUT2D eigenvalue weighted by molar-refractivity contribution is 5.40. The lowest BCUT2D eigenvalue weighted by atomic mass is 10.1. The number of nitrogens with zero attached hydrogens (tertiary/aromatic N) is 2. The number of hydrogen-bond donors (Lipinski definition) is 2. The molecule has 1 heterocycles. The largest absolute Gasteiger partial charge is 0.497 e. The monoisotopic (exact) mass is 380 g/mol. The second kappa shape index (κ2) is 10.9. The van der Waals surface area contributed by atoms with Crippen LogP contribution in [0.4, 0.5) is 0 Å². The van der Waals surface area contributed by atoms with Crippen LogP contribution in [0.25, 0.3) is 0 Å². The molecule has 0 aromatic heterocycles. The van der Waals surface area contributed by atoms with Crippen LogP contribution in [0.2, 0.25) is 0 Å². The number of likely N-dealkylation sites (tertiary alicyclic amines) is 1. The molecule has 27 heavy (non-hydrogen) atoms. The summed E-state index contributed by atoms with van der Waals surface area (Å²) in [6, 6.07) is 5.81. The molecule has 0 radical (unpaired) electrons. The third-order valence-corrected chi connectivity index (χ3v) is 4.84. The van der Waals surface area contributed by atoms with Gasteiger partial charge in [0.2, 0.25) is 0 Å². The summed E-state index contributed by atoms with van der Waals surface area (Å²) in [6.07, 6.45) is 0.805. The first kappa shape index (κ1) is 22.0. The number of aliphatic hydroxyl groups excluding tert-OH is 2. The summed E-state index contributed by atoms with van der Waals surface area (Å²) in [5, 5.41) is 19.9. The molecule has 1 aliphatic heterocycles. The molecule has 1 unspecified atom stereocenters. The Bertz CT molecular complexity index is 559. The van der Waals surface area contributed by atoms with Crippen LogP contribution in [-0.2, 0) is 6.54 Å². The Morgan fingerprint density at radius 2 is 1.96 bits per heavy atom. The summed E-state index contributed by atoms with van der Waals surface area (Å²) in [4.78, 5) is 4.45. The number of β-amino-alcohol motifs (C(OH)–C–C–N with tert-alkyl or cyclic N) is 1.